The third-order valence-corrected chi connectivity index (χ3v) is 3.97. The quantitative estimate of drug-likeness (QED) is 0.603. The van der Waals surface area contributed by atoms with Gasteiger partial charge in [-0.05, 0) is 38.4 Å². The number of rotatable bonds is 3. The van der Waals surface area contributed by atoms with Gasteiger partial charge in [-0.3, -0.25) is 0 Å². The maximum atomic E-state index is 12.5. The van der Waals surface area contributed by atoms with Crippen molar-refractivity contribution in [1.82, 2.24) is 9.80 Å². The van der Waals surface area contributed by atoms with E-state index in [4.69, 9.17) is 0 Å². The molecule has 2 rings (SSSR count). The third-order valence-electron chi connectivity index (χ3n) is 3.97. The van der Waals surface area contributed by atoms with E-state index in [9.17, 15) is 12.9 Å². The van der Waals surface area contributed by atoms with Crippen LogP contribution in [-0.2, 0) is 0 Å². The second kappa shape index (κ2) is 6.74. The molecule has 0 bridgehead atoms. The molecule has 2 nitrogen and oxygen atoms in total. The van der Waals surface area contributed by atoms with Crippen LogP contribution in [0.5, 0.6) is 0 Å². The predicted octanol–water partition coefficient (Wildman–Crippen LogP) is -1.18. The molecule has 0 spiro atoms. The van der Waals surface area contributed by atoms with Gasteiger partial charge in [0, 0.05) is 19.6 Å². The molecule has 0 N–H and O–H groups in total. The normalized spacial score (nSPS) is 29.8. The van der Waals surface area contributed by atoms with Crippen molar-refractivity contribution in [1.29, 1.82) is 0 Å². The minimum Gasteiger partial charge on any atom is -0.445 e. The molecule has 7 heteroatoms. The van der Waals surface area contributed by atoms with Crippen LogP contribution in [0.3, 0.4) is 0 Å². The zero-order chi connectivity index (χ0) is 12.6. The zero-order valence-corrected chi connectivity index (χ0v) is 14.3. The van der Waals surface area contributed by atoms with E-state index in [0.29, 0.717) is 11.8 Å². The molecule has 18 heavy (non-hydrogen) atoms. The Bertz CT molecular complexity index is 311. The van der Waals surface area contributed by atoms with Gasteiger partial charge in [0.25, 0.3) is 0 Å². The number of hydrogen-bond acceptors (Lipinski definition) is 2. The Morgan fingerprint density at radius 1 is 1.22 bits per heavy atom. The summed E-state index contributed by atoms with van der Waals surface area (Å²) in [6, 6.07) is 0. The summed E-state index contributed by atoms with van der Waals surface area (Å²) in [6.07, 6.45) is 1.11. The van der Waals surface area contributed by atoms with E-state index in [2.05, 4.69) is 18.5 Å². The molecule has 2 saturated heterocycles. The fourth-order valence-corrected chi connectivity index (χ4v) is 2.97. The van der Waals surface area contributed by atoms with E-state index in [0.717, 1.165) is 32.6 Å². The van der Waals surface area contributed by atoms with Gasteiger partial charge in [0.15, 0.2) is 0 Å². The first-order chi connectivity index (χ1) is 7.86. The maximum Gasteiger partial charge on any atom is 1.00 e. The van der Waals surface area contributed by atoms with E-state index in [1.807, 2.05) is 4.90 Å². The van der Waals surface area contributed by atoms with Crippen molar-refractivity contribution in [2.24, 2.45) is 11.8 Å². The summed E-state index contributed by atoms with van der Waals surface area (Å²) in [6.45, 7) is 1.99. The Kier molecular flexibility index (Phi) is 6.44. The molecule has 2 heterocycles. The van der Waals surface area contributed by atoms with E-state index < -0.39 is 12.4 Å². The summed E-state index contributed by atoms with van der Waals surface area (Å²) < 4.78 is 37.4. The largest absolute Gasteiger partial charge is 1.00 e. The van der Waals surface area contributed by atoms with Crippen LogP contribution in [0.4, 0.5) is 12.9 Å². The predicted molar refractivity (Wildman–Crippen MR) is 63.8 cm³/mol. The summed E-state index contributed by atoms with van der Waals surface area (Å²) in [4.78, 5) is 4.19. The molecular formula is C11H19BF3KN2. The summed E-state index contributed by atoms with van der Waals surface area (Å²) in [7, 11) is 2.08. The molecule has 0 amide bonds. The van der Waals surface area contributed by atoms with Crippen molar-refractivity contribution in [3.63, 3.8) is 0 Å². The summed E-state index contributed by atoms with van der Waals surface area (Å²) in [5, 5.41) is 0. The first-order valence-corrected chi connectivity index (χ1v) is 6.15. The fraction of sp³-hybridized carbons (Fsp3) is 0.818. The van der Waals surface area contributed by atoms with Crippen molar-refractivity contribution < 1.29 is 64.3 Å². The molecule has 0 aromatic rings. The SMILES string of the molecule is C=C(CN1CC2CCN(C)CC2C1)[B-](F)(F)F.[K+]. The topological polar surface area (TPSA) is 6.48 Å². The number of fused-ring (bicyclic) bond motifs is 1. The molecule has 2 fully saturated rings. The Balaban J connectivity index is 0.00000162. The van der Waals surface area contributed by atoms with E-state index >= 15 is 0 Å². The monoisotopic (exact) mass is 286 g/mol. The average molecular weight is 286 g/mol. The van der Waals surface area contributed by atoms with Crippen LogP contribution in [0.1, 0.15) is 6.42 Å². The first kappa shape index (κ1) is 17.2. The molecule has 2 unspecified atom stereocenters. The fourth-order valence-electron chi connectivity index (χ4n) is 2.97. The van der Waals surface area contributed by atoms with Gasteiger partial charge in [-0.2, -0.15) is 0 Å². The van der Waals surface area contributed by atoms with E-state index in [-0.39, 0.29) is 57.9 Å². The molecule has 0 aromatic carbocycles. The molecule has 2 atom stereocenters. The smallest absolute Gasteiger partial charge is 0.445 e. The van der Waals surface area contributed by atoms with E-state index in [1.165, 1.54) is 0 Å². The van der Waals surface area contributed by atoms with Gasteiger partial charge < -0.3 is 22.7 Å². The molecule has 2 aliphatic heterocycles. The molecule has 98 valence electrons. The number of nitrogens with zero attached hydrogens (tertiary/aromatic N) is 2. The van der Waals surface area contributed by atoms with Crippen molar-refractivity contribution >= 4 is 6.98 Å². The van der Waals surface area contributed by atoms with Crippen LogP contribution < -0.4 is 51.4 Å². The second-order valence-electron chi connectivity index (χ2n) is 5.50. The van der Waals surface area contributed by atoms with Crippen molar-refractivity contribution in [2.45, 2.75) is 6.42 Å². The number of likely N-dealkylation sites (tertiary alicyclic amines) is 2. The Labute approximate surface area is 149 Å². The van der Waals surface area contributed by atoms with Gasteiger partial charge in [-0.15, -0.1) is 12.1 Å². The van der Waals surface area contributed by atoms with Crippen molar-refractivity contribution in [3.8, 4) is 0 Å². The van der Waals surface area contributed by atoms with Gasteiger partial charge in [0.2, 0.25) is 0 Å². The van der Waals surface area contributed by atoms with Gasteiger partial charge in [0.1, 0.15) is 0 Å². The average Bonchev–Trinajstić information content (AvgIpc) is 2.57. The minimum atomic E-state index is -4.87. The van der Waals surface area contributed by atoms with Crippen molar-refractivity contribution in [3.05, 3.63) is 12.1 Å². The summed E-state index contributed by atoms with van der Waals surface area (Å²) in [5.41, 5.74) is -0.558. The molecular weight excluding hydrogens is 267 g/mol. The van der Waals surface area contributed by atoms with Crippen LogP contribution >= 0.6 is 0 Å². The van der Waals surface area contributed by atoms with Crippen LogP contribution in [-0.4, -0.2) is 56.5 Å². The van der Waals surface area contributed by atoms with Gasteiger partial charge in [-0.25, -0.2) is 0 Å². The first-order valence-electron chi connectivity index (χ1n) is 6.15. The standard InChI is InChI=1S/C11H19BF3N2.K/c1-9(12(13,14)15)5-17-7-10-3-4-16(2)6-11(10)8-17;/h10-11H,1,3-8H2,2H3;/q-1;+1. The minimum absolute atomic E-state index is 0. The van der Waals surface area contributed by atoms with Crippen molar-refractivity contribution in [2.75, 3.05) is 39.8 Å². The number of halogens is 3. The summed E-state index contributed by atoms with van der Waals surface area (Å²) >= 11 is 0. The zero-order valence-electron chi connectivity index (χ0n) is 11.2. The van der Waals surface area contributed by atoms with E-state index in [1.54, 1.807) is 0 Å². The summed E-state index contributed by atoms with van der Waals surface area (Å²) in [5.74, 6) is 1.13. The molecule has 0 saturated carbocycles. The molecule has 0 aliphatic carbocycles. The van der Waals surface area contributed by atoms with Crippen LogP contribution in [0.25, 0.3) is 0 Å². The molecule has 0 aromatic heterocycles. The number of piperidine rings is 1. The maximum absolute atomic E-state index is 12.5. The third kappa shape index (κ3) is 4.33. The molecule has 2 aliphatic rings. The van der Waals surface area contributed by atoms with Gasteiger partial charge in [-0.1, -0.05) is 0 Å². The van der Waals surface area contributed by atoms with Gasteiger partial charge in [0.05, 0.1) is 0 Å². The Morgan fingerprint density at radius 3 is 2.44 bits per heavy atom. The second-order valence-corrected chi connectivity index (χ2v) is 5.50. The van der Waals surface area contributed by atoms with Crippen LogP contribution in [0.15, 0.2) is 12.1 Å². The Hall–Kier alpha value is 1.15. The Morgan fingerprint density at radius 2 is 1.83 bits per heavy atom. The molecule has 0 radical (unpaired) electrons. The van der Waals surface area contributed by atoms with Crippen LogP contribution in [0.2, 0.25) is 0 Å². The van der Waals surface area contributed by atoms with Gasteiger partial charge >= 0.3 is 58.4 Å². The van der Waals surface area contributed by atoms with Crippen LogP contribution in [0, 0.1) is 11.8 Å². The number of hydrogen-bond donors (Lipinski definition) is 0.